The van der Waals surface area contributed by atoms with Crippen molar-refractivity contribution in [2.45, 2.75) is 40.7 Å². The molecule has 0 aromatic heterocycles. The second kappa shape index (κ2) is 6.15. The molecule has 0 aliphatic heterocycles. The van der Waals surface area contributed by atoms with Crippen molar-refractivity contribution < 1.29 is 4.79 Å². The minimum Gasteiger partial charge on any atom is -0.359 e. The Kier molecular flexibility index (Phi) is 5.06. The zero-order chi connectivity index (χ0) is 14.6. The highest BCUT2D eigenvalue weighted by Gasteiger charge is 2.20. The predicted octanol–water partition coefficient (Wildman–Crippen LogP) is 3.61. The van der Waals surface area contributed by atoms with Crippen molar-refractivity contribution in [1.29, 1.82) is 0 Å². The van der Waals surface area contributed by atoms with Crippen molar-refractivity contribution in [3.8, 4) is 0 Å². The quantitative estimate of drug-likeness (QED) is 0.654. The van der Waals surface area contributed by atoms with Crippen molar-refractivity contribution >= 4 is 28.8 Å². The van der Waals surface area contributed by atoms with E-state index in [1.54, 1.807) is 19.1 Å². The van der Waals surface area contributed by atoms with Gasteiger partial charge in [0.2, 0.25) is 0 Å². The van der Waals surface area contributed by atoms with E-state index in [1.165, 1.54) is 0 Å². The highest BCUT2D eigenvalue weighted by atomic mass is 32.1. The summed E-state index contributed by atoms with van der Waals surface area (Å²) in [5, 5.41) is 6.97. The van der Waals surface area contributed by atoms with Gasteiger partial charge in [0.25, 0.3) is 0 Å². The number of benzene rings is 1. The third-order valence-corrected chi connectivity index (χ3v) is 3.42. The number of carbonyl (C=O) groups is 1. The molecule has 4 heteroatoms. The Morgan fingerprint density at radius 2 is 1.74 bits per heavy atom. The van der Waals surface area contributed by atoms with Crippen LogP contribution in [0.2, 0.25) is 0 Å². The van der Waals surface area contributed by atoms with E-state index < -0.39 is 0 Å². The minimum atomic E-state index is 0.0635. The molecule has 0 bridgehead atoms. The molecule has 0 fully saturated rings. The molecule has 1 aromatic carbocycles. The lowest BCUT2D eigenvalue weighted by atomic mass is 9.88. The summed E-state index contributed by atoms with van der Waals surface area (Å²) in [5.41, 5.74) is 1.72. The summed E-state index contributed by atoms with van der Waals surface area (Å²) in [5.74, 6) is 0.0635. The van der Waals surface area contributed by atoms with Gasteiger partial charge >= 0.3 is 0 Å². The normalized spacial score (nSPS) is 12.7. The monoisotopic (exact) mass is 278 g/mol. The van der Waals surface area contributed by atoms with Crippen LogP contribution in [0.3, 0.4) is 0 Å². The smallest absolute Gasteiger partial charge is 0.171 e. The standard InChI is InChI=1S/C15H22N2OS/c1-10(18)12-6-8-13(9-7-12)17-14(19)16-11(2)15(3,4)5/h6-9,11H,1-5H3,(H2,16,17,19). The largest absolute Gasteiger partial charge is 0.359 e. The van der Waals surface area contributed by atoms with Crippen LogP contribution in [-0.4, -0.2) is 16.9 Å². The van der Waals surface area contributed by atoms with Gasteiger partial charge in [-0.25, -0.2) is 0 Å². The molecule has 1 aromatic rings. The van der Waals surface area contributed by atoms with Crippen LogP contribution in [0.1, 0.15) is 45.0 Å². The number of thiocarbonyl (C=S) groups is 1. The van der Waals surface area contributed by atoms with Gasteiger partial charge in [-0.15, -0.1) is 0 Å². The fourth-order valence-corrected chi connectivity index (χ4v) is 1.66. The minimum absolute atomic E-state index is 0.0635. The molecule has 0 saturated carbocycles. The SMILES string of the molecule is CC(=O)c1ccc(NC(=S)NC(C)C(C)(C)C)cc1. The van der Waals surface area contributed by atoms with Gasteiger partial charge in [0, 0.05) is 17.3 Å². The van der Waals surface area contributed by atoms with Crippen LogP contribution in [0.15, 0.2) is 24.3 Å². The van der Waals surface area contributed by atoms with E-state index in [2.05, 4.69) is 38.3 Å². The van der Waals surface area contributed by atoms with Crippen LogP contribution < -0.4 is 10.6 Å². The van der Waals surface area contributed by atoms with E-state index in [9.17, 15) is 4.79 Å². The molecule has 1 unspecified atom stereocenters. The number of ketones is 1. The Morgan fingerprint density at radius 3 is 2.16 bits per heavy atom. The van der Waals surface area contributed by atoms with Gasteiger partial charge in [-0.3, -0.25) is 4.79 Å². The van der Waals surface area contributed by atoms with E-state index in [0.717, 1.165) is 5.69 Å². The summed E-state index contributed by atoms with van der Waals surface area (Å²) < 4.78 is 0. The third kappa shape index (κ3) is 4.99. The Morgan fingerprint density at radius 1 is 1.21 bits per heavy atom. The van der Waals surface area contributed by atoms with Crippen LogP contribution in [0, 0.1) is 5.41 Å². The van der Waals surface area contributed by atoms with Crippen LogP contribution in [0.4, 0.5) is 5.69 Å². The lowest BCUT2D eigenvalue weighted by Gasteiger charge is -2.29. The first kappa shape index (κ1) is 15.6. The summed E-state index contributed by atoms with van der Waals surface area (Å²) in [7, 11) is 0. The van der Waals surface area contributed by atoms with E-state index >= 15 is 0 Å². The zero-order valence-corrected chi connectivity index (χ0v) is 13.0. The Hall–Kier alpha value is -1.42. The summed E-state index contributed by atoms with van der Waals surface area (Å²) in [6, 6.07) is 7.56. The van der Waals surface area contributed by atoms with Crippen molar-refractivity contribution in [1.82, 2.24) is 5.32 Å². The predicted molar refractivity (Wildman–Crippen MR) is 84.7 cm³/mol. The summed E-state index contributed by atoms with van der Waals surface area (Å²) in [6.07, 6.45) is 0. The molecule has 1 rings (SSSR count). The maximum absolute atomic E-state index is 11.2. The lowest BCUT2D eigenvalue weighted by Crippen LogP contribution is -2.43. The molecule has 0 aliphatic rings. The average molecular weight is 278 g/mol. The molecule has 19 heavy (non-hydrogen) atoms. The van der Waals surface area contributed by atoms with Gasteiger partial charge in [-0.05, 0) is 55.7 Å². The Bertz CT molecular complexity index is 460. The van der Waals surface area contributed by atoms with Crippen LogP contribution in [0.5, 0.6) is 0 Å². The molecule has 0 heterocycles. The third-order valence-electron chi connectivity index (χ3n) is 3.20. The highest BCUT2D eigenvalue weighted by molar-refractivity contribution is 7.80. The van der Waals surface area contributed by atoms with E-state index in [-0.39, 0.29) is 17.2 Å². The summed E-state index contributed by atoms with van der Waals surface area (Å²) >= 11 is 5.28. The topological polar surface area (TPSA) is 41.1 Å². The molecule has 3 nitrogen and oxygen atoms in total. The highest BCUT2D eigenvalue weighted by Crippen LogP contribution is 2.18. The second-order valence-electron chi connectivity index (χ2n) is 5.82. The molecule has 2 N–H and O–H groups in total. The first-order chi connectivity index (χ1) is 8.70. The molecule has 104 valence electrons. The van der Waals surface area contributed by atoms with Gasteiger partial charge in [0.05, 0.1) is 0 Å². The van der Waals surface area contributed by atoms with Gasteiger partial charge < -0.3 is 10.6 Å². The number of anilines is 1. The number of hydrogen-bond acceptors (Lipinski definition) is 2. The van der Waals surface area contributed by atoms with Gasteiger partial charge in [-0.2, -0.15) is 0 Å². The van der Waals surface area contributed by atoms with E-state index in [0.29, 0.717) is 10.7 Å². The molecule has 1 atom stereocenters. The van der Waals surface area contributed by atoms with Crippen molar-refractivity contribution in [2.75, 3.05) is 5.32 Å². The van der Waals surface area contributed by atoms with Crippen molar-refractivity contribution in [3.05, 3.63) is 29.8 Å². The average Bonchev–Trinajstić information content (AvgIpc) is 2.28. The fraction of sp³-hybridized carbons (Fsp3) is 0.467. The number of nitrogens with one attached hydrogen (secondary N) is 2. The zero-order valence-electron chi connectivity index (χ0n) is 12.2. The van der Waals surface area contributed by atoms with Crippen molar-refractivity contribution in [3.63, 3.8) is 0 Å². The van der Waals surface area contributed by atoms with Crippen LogP contribution in [-0.2, 0) is 0 Å². The number of rotatable bonds is 3. The van der Waals surface area contributed by atoms with Gasteiger partial charge in [0.1, 0.15) is 0 Å². The summed E-state index contributed by atoms with van der Waals surface area (Å²) in [6.45, 7) is 10.1. The molecule has 0 saturated heterocycles. The van der Waals surface area contributed by atoms with E-state index in [4.69, 9.17) is 12.2 Å². The lowest BCUT2D eigenvalue weighted by molar-refractivity contribution is 0.101. The first-order valence-electron chi connectivity index (χ1n) is 6.38. The van der Waals surface area contributed by atoms with Gasteiger partial charge in [0.15, 0.2) is 10.9 Å². The van der Waals surface area contributed by atoms with Crippen LogP contribution in [0.25, 0.3) is 0 Å². The van der Waals surface area contributed by atoms with Gasteiger partial charge in [-0.1, -0.05) is 20.8 Å². The maximum Gasteiger partial charge on any atom is 0.171 e. The Labute approximate surface area is 120 Å². The Balaban J connectivity index is 2.60. The number of carbonyl (C=O) groups excluding carboxylic acids is 1. The fourth-order valence-electron chi connectivity index (χ4n) is 1.37. The molecule has 0 radical (unpaired) electrons. The number of Topliss-reactive ketones (excluding diaryl/α,β-unsaturated/α-hetero) is 1. The number of hydrogen-bond donors (Lipinski definition) is 2. The second-order valence-corrected chi connectivity index (χ2v) is 6.23. The maximum atomic E-state index is 11.2. The molecular weight excluding hydrogens is 256 g/mol. The van der Waals surface area contributed by atoms with E-state index in [1.807, 2.05) is 12.1 Å². The first-order valence-corrected chi connectivity index (χ1v) is 6.79. The van der Waals surface area contributed by atoms with Crippen molar-refractivity contribution in [2.24, 2.45) is 5.41 Å². The van der Waals surface area contributed by atoms with Crippen LogP contribution >= 0.6 is 12.2 Å². The molecule has 0 spiro atoms. The molecular formula is C15H22N2OS. The molecule has 0 aliphatic carbocycles. The molecule has 0 amide bonds. The summed E-state index contributed by atoms with van der Waals surface area (Å²) in [4.78, 5) is 11.2.